The summed E-state index contributed by atoms with van der Waals surface area (Å²) in [6, 6.07) is 9.06. The molecule has 1 atom stereocenters. The Kier molecular flexibility index (Phi) is 6.94. The largest absolute Gasteiger partial charge is 0.379 e. The lowest BCUT2D eigenvalue weighted by Crippen LogP contribution is -2.49. The smallest absolute Gasteiger partial charge is 0.269 e. The van der Waals surface area contributed by atoms with Gasteiger partial charge >= 0.3 is 0 Å². The van der Waals surface area contributed by atoms with Crippen LogP contribution in [0.25, 0.3) is 0 Å². The van der Waals surface area contributed by atoms with E-state index in [-0.39, 0.29) is 29.9 Å². The second-order valence-electron chi connectivity index (χ2n) is 8.02. The SMILES string of the molecule is O=C1CC(N(CCN2CCOCC2)C(=O)c2ccc([N+](=O)[O-])cc2)C(=O)N1c1ccc(F)cc1. The van der Waals surface area contributed by atoms with E-state index in [1.807, 2.05) is 0 Å². The van der Waals surface area contributed by atoms with Crippen molar-refractivity contribution >= 4 is 29.1 Å². The van der Waals surface area contributed by atoms with Crippen molar-refractivity contribution in [2.24, 2.45) is 0 Å². The van der Waals surface area contributed by atoms with E-state index in [1.165, 1.54) is 41.3 Å². The number of nitro groups is 1. The predicted octanol–water partition coefficient (Wildman–Crippen LogP) is 1.84. The van der Waals surface area contributed by atoms with Crippen LogP contribution in [0.5, 0.6) is 0 Å². The highest BCUT2D eigenvalue weighted by atomic mass is 19.1. The lowest BCUT2D eigenvalue weighted by atomic mass is 10.1. The fourth-order valence-electron chi connectivity index (χ4n) is 4.09. The molecular formula is C23H23FN4O6. The molecule has 2 aromatic rings. The summed E-state index contributed by atoms with van der Waals surface area (Å²) in [5.41, 5.74) is 0.244. The van der Waals surface area contributed by atoms with E-state index in [0.29, 0.717) is 32.8 Å². The molecule has 34 heavy (non-hydrogen) atoms. The summed E-state index contributed by atoms with van der Waals surface area (Å²) in [6.45, 7) is 3.13. The number of rotatable bonds is 7. The fourth-order valence-corrected chi connectivity index (χ4v) is 4.09. The minimum Gasteiger partial charge on any atom is -0.379 e. The summed E-state index contributed by atoms with van der Waals surface area (Å²) in [4.78, 5) is 54.2. The summed E-state index contributed by atoms with van der Waals surface area (Å²) in [5.74, 6) is -2.07. The molecule has 3 amide bonds. The summed E-state index contributed by atoms with van der Waals surface area (Å²) in [7, 11) is 0. The number of hydrogen-bond acceptors (Lipinski definition) is 7. The molecule has 1 unspecified atom stereocenters. The Labute approximate surface area is 194 Å². The molecule has 2 saturated heterocycles. The van der Waals surface area contributed by atoms with Gasteiger partial charge in [0.05, 0.1) is 30.2 Å². The number of carbonyl (C=O) groups excluding carboxylic acids is 3. The molecule has 2 heterocycles. The summed E-state index contributed by atoms with van der Waals surface area (Å²) >= 11 is 0. The fraction of sp³-hybridized carbons (Fsp3) is 0.348. The molecule has 0 saturated carbocycles. The molecule has 0 radical (unpaired) electrons. The van der Waals surface area contributed by atoms with Crippen molar-refractivity contribution in [1.29, 1.82) is 0 Å². The number of amides is 3. The molecule has 0 aromatic heterocycles. The number of carbonyl (C=O) groups is 3. The van der Waals surface area contributed by atoms with Crippen LogP contribution in [0.3, 0.4) is 0 Å². The molecule has 0 N–H and O–H groups in total. The van der Waals surface area contributed by atoms with Gasteiger partial charge in [-0.1, -0.05) is 0 Å². The average molecular weight is 470 g/mol. The molecule has 0 spiro atoms. The van der Waals surface area contributed by atoms with Crippen LogP contribution in [0.15, 0.2) is 48.5 Å². The Hall–Kier alpha value is -3.70. The molecule has 0 aliphatic carbocycles. The normalized spacial score (nSPS) is 18.9. The van der Waals surface area contributed by atoms with Crippen LogP contribution in [0.1, 0.15) is 16.8 Å². The van der Waals surface area contributed by atoms with Gasteiger partial charge in [-0.25, -0.2) is 9.29 Å². The summed E-state index contributed by atoms with van der Waals surface area (Å²) in [5, 5.41) is 11.0. The number of imide groups is 1. The van der Waals surface area contributed by atoms with E-state index in [0.717, 1.165) is 17.0 Å². The van der Waals surface area contributed by atoms with Crippen LogP contribution in [-0.2, 0) is 14.3 Å². The van der Waals surface area contributed by atoms with Crippen LogP contribution >= 0.6 is 0 Å². The van der Waals surface area contributed by atoms with E-state index in [1.54, 1.807) is 0 Å². The zero-order valence-electron chi connectivity index (χ0n) is 18.3. The van der Waals surface area contributed by atoms with Crippen LogP contribution in [0.4, 0.5) is 15.8 Å². The molecule has 11 heteroatoms. The van der Waals surface area contributed by atoms with Gasteiger partial charge < -0.3 is 9.64 Å². The number of hydrogen-bond donors (Lipinski definition) is 0. The monoisotopic (exact) mass is 470 g/mol. The van der Waals surface area contributed by atoms with Crippen molar-refractivity contribution in [3.63, 3.8) is 0 Å². The van der Waals surface area contributed by atoms with Gasteiger partial charge in [-0.3, -0.25) is 29.4 Å². The first-order valence-corrected chi connectivity index (χ1v) is 10.8. The number of nitro benzene ring substituents is 1. The zero-order valence-corrected chi connectivity index (χ0v) is 18.3. The molecule has 2 aliphatic heterocycles. The molecule has 2 aliphatic rings. The number of morpholine rings is 1. The third-order valence-electron chi connectivity index (χ3n) is 5.93. The van der Waals surface area contributed by atoms with E-state index >= 15 is 0 Å². The number of benzene rings is 2. The highest BCUT2D eigenvalue weighted by Crippen LogP contribution is 2.27. The molecule has 10 nitrogen and oxygen atoms in total. The quantitative estimate of drug-likeness (QED) is 0.345. The number of nitrogens with zero attached hydrogens (tertiary/aromatic N) is 4. The van der Waals surface area contributed by atoms with E-state index in [2.05, 4.69) is 4.90 Å². The molecule has 0 bridgehead atoms. The Morgan fingerprint density at radius 3 is 2.35 bits per heavy atom. The minimum absolute atomic E-state index is 0.161. The number of anilines is 1. The molecule has 2 aromatic carbocycles. The summed E-state index contributed by atoms with van der Waals surface area (Å²) in [6.07, 6.45) is -0.210. The van der Waals surface area contributed by atoms with Crippen LogP contribution < -0.4 is 4.90 Å². The number of halogens is 1. The van der Waals surface area contributed by atoms with Gasteiger partial charge in [-0.15, -0.1) is 0 Å². The van der Waals surface area contributed by atoms with Crippen molar-refractivity contribution in [1.82, 2.24) is 9.80 Å². The first-order chi connectivity index (χ1) is 16.3. The number of ether oxygens (including phenoxy) is 1. The van der Waals surface area contributed by atoms with Crippen molar-refractivity contribution in [2.45, 2.75) is 12.5 Å². The predicted molar refractivity (Wildman–Crippen MR) is 119 cm³/mol. The van der Waals surface area contributed by atoms with Gasteiger partial charge in [0.2, 0.25) is 5.91 Å². The molecule has 2 fully saturated rings. The van der Waals surface area contributed by atoms with Crippen molar-refractivity contribution in [3.8, 4) is 0 Å². The van der Waals surface area contributed by atoms with Crippen LogP contribution in [0, 0.1) is 15.9 Å². The van der Waals surface area contributed by atoms with Crippen molar-refractivity contribution < 1.29 is 28.4 Å². The highest BCUT2D eigenvalue weighted by Gasteiger charge is 2.44. The lowest BCUT2D eigenvalue weighted by molar-refractivity contribution is -0.384. The molecular weight excluding hydrogens is 447 g/mol. The van der Waals surface area contributed by atoms with Crippen LogP contribution in [0.2, 0.25) is 0 Å². The Bertz CT molecular complexity index is 1090. The maximum absolute atomic E-state index is 13.4. The van der Waals surface area contributed by atoms with Crippen molar-refractivity contribution in [3.05, 3.63) is 70.0 Å². The first-order valence-electron chi connectivity index (χ1n) is 10.8. The maximum Gasteiger partial charge on any atom is 0.269 e. The third kappa shape index (κ3) is 4.95. The first kappa shape index (κ1) is 23.5. The molecule has 178 valence electrons. The van der Waals surface area contributed by atoms with E-state index in [9.17, 15) is 28.9 Å². The average Bonchev–Trinajstić information content (AvgIpc) is 3.14. The number of non-ortho nitro benzene ring substituents is 1. The standard InChI is InChI=1S/C23H23FN4O6/c24-17-3-7-18(8-4-17)27-21(29)15-20(23(27)31)26(10-9-25-11-13-34-14-12-25)22(30)16-1-5-19(6-2-16)28(32)33/h1-8,20H,9-15H2. The zero-order chi connectivity index (χ0) is 24.2. The Morgan fingerprint density at radius 1 is 1.09 bits per heavy atom. The van der Waals surface area contributed by atoms with Gasteiger partial charge in [0.25, 0.3) is 17.5 Å². The van der Waals surface area contributed by atoms with Gasteiger partial charge in [-0.2, -0.15) is 0 Å². The third-order valence-corrected chi connectivity index (χ3v) is 5.93. The van der Waals surface area contributed by atoms with Gasteiger partial charge in [0.15, 0.2) is 0 Å². The van der Waals surface area contributed by atoms with Gasteiger partial charge in [0.1, 0.15) is 11.9 Å². The Morgan fingerprint density at radius 2 is 1.74 bits per heavy atom. The van der Waals surface area contributed by atoms with Gasteiger partial charge in [0, 0.05) is 43.9 Å². The topological polar surface area (TPSA) is 113 Å². The molecule has 4 rings (SSSR count). The van der Waals surface area contributed by atoms with Gasteiger partial charge in [-0.05, 0) is 36.4 Å². The van der Waals surface area contributed by atoms with Crippen LogP contribution in [-0.4, -0.2) is 77.9 Å². The highest BCUT2D eigenvalue weighted by molar-refractivity contribution is 6.23. The van der Waals surface area contributed by atoms with Crippen molar-refractivity contribution in [2.75, 3.05) is 44.3 Å². The van der Waals surface area contributed by atoms with E-state index < -0.39 is 34.5 Å². The lowest BCUT2D eigenvalue weighted by Gasteiger charge is -2.32. The second-order valence-corrected chi connectivity index (χ2v) is 8.02. The maximum atomic E-state index is 13.4. The summed E-state index contributed by atoms with van der Waals surface area (Å²) < 4.78 is 18.7. The van der Waals surface area contributed by atoms with E-state index in [4.69, 9.17) is 4.74 Å². The second kappa shape index (κ2) is 10.1. The Balaban J connectivity index is 1.59. The minimum atomic E-state index is -1.04.